The molecule has 2 saturated heterocycles. The largest absolute Gasteiger partial charge is 0.444 e. The summed E-state index contributed by atoms with van der Waals surface area (Å²) in [6, 6.07) is 0.316. The van der Waals surface area contributed by atoms with Crippen molar-refractivity contribution in [1.29, 1.82) is 0 Å². The van der Waals surface area contributed by atoms with E-state index in [1.807, 2.05) is 20.8 Å². The lowest BCUT2D eigenvalue weighted by atomic mass is 9.71. The van der Waals surface area contributed by atoms with E-state index in [0.29, 0.717) is 12.6 Å². The number of carbonyl (C=O) groups is 1. The lowest BCUT2D eigenvalue weighted by Gasteiger charge is -2.32. The fourth-order valence-corrected chi connectivity index (χ4v) is 2.34. The molecule has 1 aliphatic carbocycles. The smallest absolute Gasteiger partial charge is 0.410 e. The minimum Gasteiger partial charge on any atom is -0.444 e. The molecule has 1 saturated carbocycles. The highest BCUT2D eigenvalue weighted by atomic mass is 16.6. The number of amides is 1. The molecule has 0 radical (unpaired) electrons. The fraction of sp³-hybridized carbons (Fsp3) is 0.750. The van der Waals surface area contributed by atoms with Crippen LogP contribution in [0.3, 0.4) is 0 Å². The molecule has 0 aromatic carbocycles. The minimum absolute atomic E-state index is 0.0401. The van der Waals surface area contributed by atoms with Crippen LogP contribution in [0.1, 0.15) is 33.6 Å². The molecule has 3 rings (SSSR count). The SMILES string of the molecule is C#CC12CC(C1)N(C(=O)OC(C)(C)C)C2. The third kappa shape index (κ3) is 1.69. The van der Waals surface area contributed by atoms with Crippen LogP contribution >= 0.6 is 0 Å². The van der Waals surface area contributed by atoms with Crippen molar-refractivity contribution in [3.8, 4) is 12.3 Å². The van der Waals surface area contributed by atoms with Gasteiger partial charge in [-0.25, -0.2) is 4.79 Å². The lowest BCUT2D eigenvalue weighted by Crippen LogP contribution is -2.39. The first-order chi connectivity index (χ1) is 6.85. The predicted molar refractivity (Wildman–Crippen MR) is 57.2 cm³/mol. The summed E-state index contributed by atoms with van der Waals surface area (Å²) < 4.78 is 5.33. The first-order valence-corrected chi connectivity index (χ1v) is 5.33. The molecule has 0 N–H and O–H groups in total. The van der Waals surface area contributed by atoms with E-state index in [0.717, 1.165) is 12.8 Å². The Hall–Kier alpha value is -1.17. The quantitative estimate of drug-likeness (QED) is 0.569. The molecule has 0 aromatic rings. The van der Waals surface area contributed by atoms with Crippen LogP contribution in [-0.4, -0.2) is 29.2 Å². The first-order valence-electron chi connectivity index (χ1n) is 5.33. The normalized spacial score (nSPS) is 33.2. The van der Waals surface area contributed by atoms with E-state index in [-0.39, 0.29) is 11.5 Å². The summed E-state index contributed by atoms with van der Waals surface area (Å²) in [5.74, 6) is 2.80. The van der Waals surface area contributed by atoms with Crippen LogP contribution in [0.25, 0.3) is 0 Å². The maximum atomic E-state index is 11.8. The van der Waals surface area contributed by atoms with Crippen LogP contribution in [0.2, 0.25) is 0 Å². The number of carbonyl (C=O) groups excluding carboxylic acids is 1. The van der Waals surface area contributed by atoms with Crippen LogP contribution in [0, 0.1) is 17.8 Å². The minimum atomic E-state index is -0.423. The Morgan fingerprint density at radius 3 is 2.53 bits per heavy atom. The third-order valence-corrected chi connectivity index (χ3v) is 3.10. The second-order valence-corrected chi connectivity index (χ2v) is 5.59. The molecular formula is C12H17NO2. The van der Waals surface area contributed by atoms with Crippen LogP contribution in [0.5, 0.6) is 0 Å². The van der Waals surface area contributed by atoms with Crippen molar-refractivity contribution < 1.29 is 9.53 Å². The maximum absolute atomic E-state index is 11.8. The monoisotopic (exact) mass is 207 g/mol. The number of fused-ring (bicyclic) bond motifs is 1. The zero-order chi connectivity index (χ0) is 11.3. The summed E-state index contributed by atoms with van der Waals surface area (Å²) in [4.78, 5) is 13.6. The van der Waals surface area contributed by atoms with E-state index < -0.39 is 5.60 Å². The Balaban J connectivity index is 1.98. The number of ether oxygens (including phenoxy) is 1. The summed E-state index contributed by atoms with van der Waals surface area (Å²) in [6.07, 6.45) is 7.14. The number of nitrogens with zero attached hydrogens (tertiary/aromatic N) is 1. The van der Waals surface area contributed by atoms with Crippen LogP contribution in [0.15, 0.2) is 0 Å². The second-order valence-electron chi connectivity index (χ2n) is 5.59. The van der Waals surface area contributed by atoms with E-state index in [2.05, 4.69) is 5.92 Å². The van der Waals surface area contributed by atoms with Gasteiger partial charge in [0.25, 0.3) is 0 Å². The van der Waals surface area contributed by atoms with Gasteiger partial charge in [-0.3, -0.25) is 0 Å². The van der Waals surface area contributed by atoms with Crippen molar-refractivity contribution in [2.75, 3.05) is 6.54 Å². The van der Waals surface area contributed by atoms with Gasteiger partial charge in [-0.15, -0.1) is 6.42 Å². The van der Waals surface area contributed by atoms with E-state index >= 15 is 0 Å². The van der Waals surface area contributed by atoms with E-state index in [9.17, 15) is 4.79 Å². The Kier molecular flexibility index (Phi) is 2.01. The van der Waals surface area contributed by atoms with E-state index in [1.54, 1.807) is 4.90 Å². The van der Waals surface area contributed by atoms with Gasteiger partial charge < -0.3 is 9.64 Å². The molecule has 82 valence electrons. The topological polar surface area (TPSA) is 29.5 Å². The zero-order valence-electron chi connectivity index (χ0n) is 9.54. The highest BCUT2D eigenvalue weighted by Crippen LogP contribution is 2.51. The average Bonchev–Trinajstić information content (AvgIpc) is 2.53. The molecule has 2 bridgehead atoms. The van der Waals surface area contributed by atoms with Gasteiger partial charge in [0.05, 0.1) is 5.41 Å². The van der Waals surface area contributed by atoms with Crippen LogP contribution in [0.4, 0.5) is 4.79 Å². The summed E-state index contributed by atoms with van der Waals surface area (Å²) in [6.45, 7) is 6.30. The molecule has 0 aromatic heterocycles. The summed E-state index contributed by atoms with van der Waals surface area (Å²) >= 11 is 0. The van der Waals surface area contributed by atoms with Gasteiger partial charge in [-0.05, 0) is 33.6 Å². The molecule has 3 fully saturated rings. The van der Waals surface area contributed by atoms with Gasteiger partial charge in [-0.2, -0.15) is 0 Å². The zero-order valence-corrected chi connectivity index (χ0v) is 9.54. The molecule has 3 aliphatic rings. The van der Waals surface area contributed by atoms with E-state index in [4.69, 9.17) is 11.2 Å². The van der Waals surface area contributed by atoms with Crippen LogP contribution in [-0.2, 0) is 4.74 Å². The highest BCUT2D eigenvalue weighted by molar-refractivity contribution is 5.70. The number of hydrogen-bond donors (Lipinski definition) is 0. The number of terminal acetylenes is 1. The standard InChI is InChI=1S/C12H17NO2/c1-5-12-6-9(7-12)13(8-12)10(14)15-11(2,3)4/h1,9H,6-8H2,2-4H3. The average molecular weight is 207 g/mol. The lowest BCUT2D eigenvalue weighted by molar-refractivity contribution is 0.0245. The van der Waals surface area contributed by atoms with Gasteiger partial charge in [0.15, 0.2) is 0 Å². The Morgan fingerprint density at radius 2 is 2.13 bits per heavy atom. The van der Waals surface area contributed by atoms with Crippen molar-refractivity contribution in [2.45, 2.75) is 45.3 Å². The molecule has 0 spiro atoms. The second kappa shape index (κ2) is 2.91. The molecule has 0 atom stereocenters. The van der Waals surface area contributed by atoms with E-state index in [1.165, 1.54) is 0 Å². The van der Waals surface area contributed by atoms with Gasteiger partial charge in [0.2, 0.25) is 0 Å². The van der Waals surface area contributed by atoms with Gasteiger partial charge in [0.1, 0.15) is 5.60 Å². The third-order valence-electron chi connectivity index (χ3n) is 3.10. The molecule has 15 heavy (non-hydrogen) atoms. The first kappa shape index (κ1) is 10.4. The summed E-state index contributed by atoms with van der Waals surface area (Å²) in [5.41, 5.74) is -0.463. The summed E-state index contributed by atoms with van der Waals surface area (Å²) in [7, 11) is 0. The Labute approximate surface area is 90.8 Å². The van der Waals surface area contributed by atoms with Crippen molar-refractivity contribution in [3.63, 3.8) is 0 Å². The maximum Gasteiger partial charge on any atom is 0.410 e. The van der Waals surface area contributed by atoms with Gasteiger partial charge in [-0.1, -0.05) is 5.92 Å². The molecule has 3 nitrogen and oxygen atoms in total. The molecule has 0 unspecified atom stereocenters. The van der Waals surface area contributed by atoms with Gasteiger partial charge in [0, 0.05) is 12.6 Å². The molecule has 3 heteroatoms. The van der Waals surface area contributed by atoms with Crippen molar-refractivity contribution in [1.82, 2.24) is 4.90 Å². The summed E-state index contributed by atoms with van der Waals surface area (Å²) in [5, 5.41) is 0. The molecule has 2 heterocycles. The number of hydrogen-bond acceptors (Lipinski definition) is 2. The highest BCUT2D eigenvalue weighted by Gasteiger charge is 2.56. The van der Waals surface area contributed by atoms with Crippen molar-refractivity contribution >= 4 is 6.09 Å². The number of rotatable bonds is 0. The Morgan fingerprint density at radius 1 is 1.53 bits per heavy atom. The van der Waals surface area contributed by atoms with Crippen molar-refractivity contribution in [2.24, 2.45) is 5.41 Å². The molecule has 1 amide bonds. The van der Waals surface area contributed by atoms with Gasteiger partial charge >= 0.3 is 6.09 Å². The fourth-order valence-electron chi connectivity index (χ4n) is 2.34. The predicted octanol–water partition coefficient (Wildman–Crippen LogP) is 2.02. The molecular weight excluding hydrogens is 190 g/mol. The van der Waals surface area contributed by atoms with Crippen molar-refractivity contribution in [3.05, 3.63) is 0 Å². The van der Waals surface area contributed by atoms with Crippen LogP contribution < -0.4 is 0 Å². The Bertz CT molecular complexity index is 329. The molecule has 2 aliphatic heterocycles.